The number of hydrogen-bond donors (Lipinski definition) is 5. The first kappa shape index (κ1) is 20.9. The van der Waals surface area contributed by atoms with Crippen LogP contribution in [0.25, 0.3) is 11.2 Å². The fraction of sp³-hybridized carbons (Fsp3) is 0.368. The number of aryl methyl sites for hydroxylation is 1. The molecule has 4 atom stereocenters. The number of benzene rings is 1. The Morgan fingerprint density at radius 3 is 2.87 bits per heavy atom. The summed E-state index contributed by atoms with van der Waals surface area (Å²) < 4.78 is 12.1. The second kappa shape index (κ2) is 8.43. The number of aliphatic hydroxyl groups is 3. The Hall–Kier alpha value is -3.32. The van der Waals surface area contributed by atoms with Gasteiger partial charge in [-0.25, -0.2) is 4.98 Å². The van der Waals surface area contributed by atoms with E-state index in [-0.39, 0.29) is 23.7 Å². The lowest BCUT2D eigenvalue weighted by Gasteiger charge is -2.16. The highest BCUT2D eigenvalue weighted by Crippen LogP contribution is 2.30. The molecule has 3 aromatic rings. The fourth-order valence-electron chi connectivity index (χ4n) is 3.30. The van der Waals surface area contributed by atoms with Gasteiger partial charge in [-0.3, -0.25) is 24.5 Å². The van der Waals surface area contributed by atoms with Crippen molar-refractivity contribution in [3.05, 3.63) is 46.5 Å². The molecule has 12 nitrogen and oxygen atoms in total. The van der Waals surface area contributed by atoms with E-state index in [9.17, 15) is 24.9 Å². The molecular weight excluding hydrogens is 410 g/mol. The number of carbonyl (C=O) groups is 1. The first-order chi connectivity index (χ1) is 14.9. The third kappa shape index (κ3) is 4.14. The number of carbonyl (C=O) groups excluding carboxylic acids is 1. The monoisotopic (exact) mass is 431 g/mol. The number of H-pyrrole nitrogens is 1. The summed E-state index contributed by atoms with van der Waals surface area (Å²) in [4.78, 5) is 35.1. The minimum Gasteiger partial charge on any atom is -0.484 e. The molecule has 0 bridgehead atoms. The third-order valence-electron chi connectivity index (χ3n) is 4.84. The van der Waals surface area contributed by atoms with Crippen LogP contribution in [0.3, 0.4) is 0 Å². The number of aromatic amines is 1. The van der Waals surface area contributed by atoms with Crippen molar-refractivity contribution in [2.75, 3.05) is 18.5 Å². The molecule has 31 heavy (non-hydrogen) atoms. The van der Waals surface area contributed by atoms with E-state index in [4.69, 9.17) is 9.47 Å². The van der Waals surface area contributed by atoms with Gasteiger partial charge in [0.25, 0.3) is 11.5 Å². The molecule has 2 aromatic heterocycles. The van der Waals surface area contributed by atoms with Gasteiger partial charge in [-0.1, -0.05) is 12.1 Å². The molecule has 12 heteroatoms. The van der Waals surface area contributed by atoms with E-state index in [0.717, 1.165) is 5.56 Å². The number of aliphatic hydroxyl groups excluding tert-OH is 3. The lowest BCUT2D eigenvalue weighted by atomic mass is 10.1. The molecule has 0 spiro atoms. The quantitative estimate of drug-likeness (QED) is 0.330. The highest BCUT2D eigenvalue weighted by Gasteiger charge is 2.44. The predicted octanol–water partition coefficient (Wildman–Crippen LogP) is -0.943. The second-order valence-corrected chi connectivity index (χ2v) is 7.12. The molecule has 0 saturated carbocycles. The SMILES string of the molecule is Cc1cccc(OCC(=O)Nc2nc3c(ncn3[C@@H]3O[C@@H](CO)[C@H](O)[C@H]3O)c(=O)[nH]2)c1. The van der Waals surface area contributed by atoms with Crippen LogP contribution in [0.5, 0.6) is 5.75 Å². The first-order valence-corrected chi connectivity index (χ1v) is 9.46. The maximum Gasteiger partial charge on any atom is 0.280 e. The fourth-order valence-corrected chi connectivity index (χ4v) is 3.30. The largest absolute Gasteiger partial charge is 0.484 e. The maximum absolute atomic E-state index is 12.3. The molecule has 3 heterocycles. The van der Waals surface area contributed by atoms with Crippen LogP contribution in [0.1, 0.15) is 11.8 Å². The maximum atomic E-state index is 12.3. The predicted molar refractivity (Wildman–Crippen MR) is 106 cm³/mol. The van der Waals surface area contributed by atoms with Gasteiger partial charge in [-0.15, -0.1) is 0 Å². The van der Waals surface area contributed by atoms with Crippen LogP contribution < -0.4 is 15.6 Å². The number of ether oxygens (including phenoxy) is 2. The molecule has 1 aliphatic heterocycles. The molecule has 0 unspecified atom stereocenters. The summed E-state index contributed by atoms with van der Waals surface area (Å²) >= 11 is 0. The van der Waals surface area contributed by atoms with Crippen LogP contribution in [0.2, 0.25) is 0 Å². The molecule has 1 fully saturated rings. The van der Waals surface area contributed by atoms with Gasteiger partial charge in [0.2, 0.25) is 5.95 Å². The van der Waals surface area contributed by atoms with Crippen LogP contribution in [-0.4, -0.2) is 72.3 Å². The standard InChI is InChI=1S/C19H21N5O7/c1-9-3-2-4-10(5-9)30-7-12(26)21-19-22-16-13(17(29)23-19)20-8-24(16)18-15(28)14(27)11(6-25)31-18/h2-5,8,11,14-15,18,25,27-28H,6-7H2,1H3,(H2,21,22,23,26,29)/t11-,14-,15+,18+/m0/s1. The van der Waals surface area contributed by atoms with Gasteiger partial charge in [-0.2, -0.15) is 4.98 Å². The van der Waals surface area contributed by atoms with Crippen LogP contribution >= 0.6 is 0 Å². The molecule has 4 rings (SSSR count). The van der Waals surface area contributed by atoms with E-state index in [1.807, 2.05) is 13.0 Å². The Bertz CT molecular complexity index is 1160. The van der Waals surface area contributed by atoms with Crippen molar-refractivity contribution in [3.8, 4) is 5.75 Å². The van der Waals surface area contributed by atoms with Crippen LogP contribution in [0.15, 0.2) is 35.4 Å². The Kier molecular flexibility index (Phi) is 5.69. The van der Waals surface area contributed by atoms with Gasteiger partial charge in [-0.05, 0) is 24.6 Å². The number of hydrogen-bond acceptors (Lipinski definition) is 9. The number of anilines is 1. The number of nitrogens with zero attached hydrogens (tertiary/aromatic N) is 3. The summed E-state index contributed by atoms with van der Waals surface area (Å²) in [5.41, 5.74) is 0.332. The summed E-state index contributed by atoms with van der Waals surface area (Å²) in [7, 11) is 0. The minimum absolute atomic E-state index is 0.0218. The molecule has 1 amide bonds. The second-order valence-electron chi connectivity index (χ2n) is 7.12. The molecule has 1 aromatic carbocycles. The van der Waals surface area contributed by atoms with E-state index < -0.39 is 42.6 Å². The van der Waals surface area contributed by atoms with Crippen molar-refractivity contribution >= 4 is 23.0 Å². The average molecular weight is 431 g/mol. The number of rotatable bonds is 6. The van der Waals surface area contributed by atoms with Crippen molar-refractivity contribution in [2.45, 2.75) is 31.5 Å². The highest BCUT2D eigenvalue weighted by molar-refractivity contribution is 5.90. The normalized spacial score (nSPS) is 23.2. The lowest BCUT2D eigenvalue weighted by molar-refractivity contribution is -0.118. The van der Waals surface area contributed by atoms with Crippen LogP contribution in [-0.2, 0) is 9.53 Å². The highest BCUT2D eigenvalue weighted by atomic mass is 16.6. The van der Waals surface area contributed by atoms with E-state index in [2.05, 4.69) is 20.3 Å². The Morgan fingerprint density at radius 2 is 2.16 bits per heavy atom. The van der Waals surface area contributed by atoms with Gasteiger partial charge in [0.15, 0.2) is 24.0 Å². The number of aromatic nitrogens is 4. The Morgan fingerprint density at radius 1 is 1.35 bits per heavy atom. The number of imidazole rings is 1. The Balaban J connectivity index is 1.54. The molecule has 164 valence electrons. The third-order valence-corrected chi connectivity index (χ3v) is 4.84. The van der Waals surface area contributed by atoms with E-state index in [0.29, 0.717) is 5.75 Å². The molecule has 1 aliphatic rings. The van der Waals surface area contributed by atoms with Crippen molar-refractivity contribution < 1.29 is 29.6 Å². The summed E-state index contributed by atoms with van der Waals surface area (Å²) in [6.07, 6.45) is -3.61. The zero-order valence-corrected chi connectivity index (χ0v) is 16.4. The van der Waals surface area contributed by atoms with Gasteiger partial charge >= 0.3 is 0 Å². The summed E-state index contributed by atoms with van der Waals surface area (Å²) in [6, 6.07) is 7.19. The molecule has 0 aliphatic carbocycles. The van der Waals surface area contributed by atoms with Gasteiger partial charge < -0.3 is 24.8 Å². The number of amides is 1. The van der Waals surface area contributed by atoms with E-state index in [1.54, 1.807) is 18.2 Å². The number of fused-ring (bicyclic) bond motifs is 1. The average Bonchev–Trinajstić information content (AvgIpc) is 3.28. The zero-order chi connectivity index (χ0) is 22.1. The van der Waals surface area contributed by atoms with Crippen molar-refractivity contribution in [2.24, 2.45) is 0 Å². The Labute approximate surface area is 175 Å². The molecule has 0 radical (unpaired) electrons. The minimum atomic E-state index is -1.38. The van der Waals surface area contributed by atoms with Gasteiger partial charge in [0.05, 0.1) is 12.9 Å². The van der Waals surface area contributed by atoms with Crippen molar-refractivity contribution in [1.82, 2.24) is 19.5 Å². The summed E-state index contributed by atoms with van der Waals surface area (Å²) in [5.74, 6) is -0.179. The summed E-state index contributed by atoms with van der Waals surface area (Å²) in [6.45, 7) is 1.09. The molecule has 1 saturated heterocycles. The van der Waals surface area contributed by atoms with Gasteiger partial charge in [0.1, 0.15) is 24.1 Å². The van der Waals surface area contributed by atoms with Crippen molar-refractivity contribution in [3.63, 3.8) is 0 Å². The molecular formula is C19H21N5O7. The van der Waals surface area contributed by atoms with Crippen LogP contribution in [0, 0.1) is 6.92 Å². The smallest absolute Gasteiger partial charge is 0.280 e. The topological polar surface area (TPSA) is 172 Å². The van der Waals surface area contributed by atoms with Crippen LogP contribution in [0.4, 0.5) is 5.95 Å². The molecule has 5 N–H and O–H groups in total. The summed E-state index contributed by atoms with van der Waals surface area (Å²) in [5, 5.41) is 31.9. The van der Waals surface area contributed by atoms with E-state index in [1.165, 1.54) is 10.9 Å². The lowest BCUT2D eigenvalue weighted by Crippen LogP contribution is -2.33. The van der Waals surface area contributed by atoms with E-state index >= 15 is 0 Å². The first-order valence-electron chi connectivity index (χ1n) is 9.46. The zero-order valence-electron chi connectivity index (χ0n) is 16.4. The van der Waals surface area contributed by atoms with Crippen molar-refractivity contribution in [1.29, 1.82) is 0 Å². The van der Waals surface area contributed by atoms with Gasteiger partial charge in [0, 0.05) is 0 Å². The number of nitrogens with one attached hydrogen (secondary N) is 2.